The number of hydrogen-bond donors (Lipinski definition) is 2. The van der Waals surface area contributed by atoms with Gasteiger partial charge in [0, 0.05) is 49.4 Å². The molecule has 0 aliphatic carbocycles. The highest BCUT2D eigenvalue weighted by molar-refractivity contribution is 5.95. The Hall–Kier alpha value is -3.15. The Morgan fingerprint density at radius 1 is 1.15 bits per heavy atom. The summed E-state index contributed by atoms with van der Waals surface area (Å²) in [6, 6.07) is 13.7. The van der Waals surface area contributed by atoms with Crippen molar-refractivity contribution < 1.29 is 9.53 Å². The van der Waals surface area contributed by atoms with Gasteiger partial charge in [0.1, 0.15) is 5.75 Å². The second kappa shape index (κ2) is 8.03. The van der Waals surface area contributed by atoms with Gasteiger partial charge < -0.3 is 20.5 Å². The van der Waals surface area contributed by atoms with E-state index in [-0.39, 0.29) is 6.03 Å². The Kier molecular flexibility index (Phi) is 5.54. The lowest BCUT2D eigenvalue weighted by Gasteiger charge is -2.21. The fourth-order valence-corrected chi connectivity index (χ4v) is 3.37. The number of amides is 2. The Morgan fingerprint density at radius 3 is 2.59 bits per heavy atom. The topological polar surface area (TPSA) is 80.5 Å². The highest BCUT2D eigenvalue weighted by Gasteiger charge is 2.30. The van der Waals surface area contributed by atoms with Crippen molar-refractivity contribution in [2.24, 2.45) is 0 Å². The third-order valence-corrected chi connectivity index (χ3v) is 4.80. The fourth-order valence-electron chi connectivity index (χ4n) is 3.37. The van der Waals surface area contributed by atoms with E-state index in [1.165, 1.54) is 18.0 Å². The van der Waals surface area contributed by atoms with Crippen LogP contribution < -0.4 is 9.64 Å². The number of aryl methyl sites for hydroxylation is 1. The zero-order valence-corrected chi connectivity index (χ0v) is 15.6. The predicted molar refractivity (Wildman–Crippen MR) is 108 cm³/mol. The quantitative estimate of drug-likeness (QED) is 0.732. The molecule has 0 aromatic heterocycles. The Bertz CT molecular complexity index is 857. The van der Waals surface area contributed by atoms with Crippen LogP contribution >= 0.6 is 0 Å². The van der Waals surface area contributed by atoms with E-state index in [0.717, 1.165) is 16.8 Å². The number of rotatable bonds is 7. The van der Waals surface area contributed by atoms with Crippen molar-refractivity contribution in [2.75, 3.05) is 25.1 Å². The lowest BCUT2D eigenvalue weighted by Crippen LogP contribution is -2.31. The molecule has 1 aliphatic rings. The van der Waals surface area contributed by atoms with Crippen molar-refractivity contribution in [1.29, 1.82) is 10.8 Å². The molecule has 2 aromatic rings. The first-order chi connectivity index (χ1) is 13.1. The normalized spacial score (nSPS) is 15.0. The second-order valence-corrected chi connectivity index (χ2v) is 6.63. The molecule has 2 N–H and O–H groups in total. The Morgan fingerprint density at radius 2 is 1.93 bits per heavy atom. The van der Waals surface area contributed by atoms with Crippen molar-refractivity contribution in [1.82, 2.24) is 4.90 Å². The standard InChI is InChI=1S/C21H24N4O2/c1-15-4-3-5-16(10-15)14-24-8-9-25(21(24)26)18-6-7-19(17(12-22)13-23)20(11-18)27-2/h3-7,10-13,17,22-23H,8-9,14H2,1-2H3. The van der Waals surface area contributed by atoms with E-state index in [1.807, 2.05) is 48.2 Å². The van der Waals surface area contributed by atoms with E-state index in [1.54, 1.807) is 12.0 Å². The van der Waals surface area contributed by atoms with Crippen LogP contribution in [0.5, 0.6) is 5.75 Å². The van der Waals surface area contributed by atoms with Crippen LogP contribution in [0.25, 0.3) is 0 Å². The van der Waals surface area contributed by atoms with Crippen LogP contribution in [0, 0.1) is 17.7 Å². The highest BCUT2D eigenvalue weighted by Crippen LogP contribution is 2.31. The van der Waals surface area contributed by atoms with Crippen LogP contribution in [-0.2, 0) is 6.54 Å². The van der Waals surface area contributed by atoms with Gasteiger partial charge in [0.05, 0.1) is 13.0 Å². The average molecular weight is 364 g/mol. The molecule has 1 saturated heterocycles. The zero-order chi connectivity index (χ0) is 19.4. The van der Waals surface area contributed by atoms with Crippen molar-refractivity contribution in [3.8, 4) is 5.75 Å². The number of anilines is 1. The van der Waals surface area contributed by atoms with Crippen molar-refractivity contribution in [3.05, 3.63) is 59.2 Å². The first-order valence-electron chi connectivity index (χ1n) is 8.88. The van der Waals surface area contributed by atoms with Crippen LogP contribution in [0.3, 0.4) is 0 Å². The van der Waals surface area contributed by atoms with Gasteiger partial charge >= 0.3 is 6.03 Å². The van der Waals surface area contributed by atoms with Gasteiger partial charge in [0.15, 0.2) is 0 Å². The summed E-state index contributed by atoms with van der Waals surface area (Å²) in [4.78, 5) is 16.4. The molecule has 2 aromatic carbocycles. The zero-order valence-electron chi connectivity index (χ0n) is 15.6. The van der Waals surface area contributed by atoms with Gasteiger partial charge in [-0.15, -0.1) is 0 Å². The minimum Gasteiger partial charge on any atom is -0.496 e. The summed E-state index contributed by atoms with van der Waals surface area (Å²) in [6.07, 6.45) is 2.41. The lowest BCUT2D eigenvalue weighted by molar-refractivity contribution is 0.219. The fraction of sp³-hybridized carbons (Fsp3) is 0.286. The van der Waals surface area contributed by atoms with E-state index in [4.69, 9.17) is 15.6 Å². The van der Waals surface area contributed by atoms with Crippen LogP contribution in [0.1, 0.15) is 22.6 Å². The molecule has 1 heterocycles. The van der Waals surface area contributed by atoms with Crippen molar-refractivity contribution in [3.63, 3.8) is 0 Å². The third kappa shape index (κ3) is 3.84. The first kappa shape index (κ1) is 18.6. The number of ether oxygens (including phenoxy) is 1. The molecule has 0 bridgehead atoms. The third-order valence-electron chi connectivity index (χ3n) is 4.80. The number of urea groups is 1. The van der Waals surface area contributed by atoms with E-state index in [0.29, 0.717) is 25.4 Å². The Labute approximate surface area is 159 Å². The molecule has 140 valence electrons. The van der Waals surface area contributed by atoms with E-state index < -0.39 is 5.92 Å². The smallest absolute Gasteiger partial charge is 0.324 e. The summed E-state index contributed by atoms with van der Waals surface area (Å²) in [5.41, 5.74) is 3.82. The van der Waals surface area contributed by atoms with Gasteiger partial charge in [-0.25, -0.2) is 4.79 Å². The number of hydrogen-bond acceptors (Lipinski definition) is 4. The molecule has 6 nitrogen and oxygen atoms in total. The number of carbonyl (C=O) groups excluding carboxylic acids is 1. The van der Waals surface area contributed by atoms with Crippen LogP contribution in [0.15, 0.2) is 42.5 Å². The molecule has 0 spiro atoms. The van der Waals surface area contributed by atoms with Gasteiger partial charge in [-0.05, 0) is 18.6 Å². The van der Waals surface area contributed by atoms with Crippen LogP contribution in [0.4, 0.5) is 10.5 Å². The molecule has 3 rings (SSSR count). The minimum atomic E-state index is -0.430. The summed E-state index contributed by atoms with van der Waals surface area (Å²) in [7, 11) is 1.56. The summed E-state index contributed by atoms with van der Waals surface area (Å²) < 4.78 is 5.44. The average Bonchev–Trinajstić information content (AvgIpc) is 3.03. The number of nitrogens with one attached hydrogen (secondary N) is 2. The molecule has 2 amide bonds. The highest BCUT2D eigenvalue weighted by atomic mass is 16.5. The maximum atomic E-state index is 12.9. The number of methoxy groups -OCH3 is 1. The molecule has 0 atom stereocenters. The van der Waals surface area contributed by atoms with Gasteiger partial charge in [0.2, 0.25) is 0 Å². The summed E-state index contributed by atoms with van der Waals surface area (Å²) in [6.45, 7) is 3.92. The molecule has 0 radical (unpaired) electrons. The van der Waals surface area contributed by atoms with E-state index >= 15 is 0 Å². The number of benzene rings is 2. The van der Waals surface area contributed by atoms with Gasteiger partial charge in [-0.2, -0.15) is 0 Å². The van der Waals surface area contributed by atoms with Gasteiger partial charge in [0.25, 0.3) is 0 Å². The Balaban J connectivity index is 1.80. The first-order valence-corrected chi connectivity index (χ1v) is 8.88. The number of nitrogens with zero attached hydrogens (tertiary/aromatic N) is 2. The molecule has 1 aliphatic heterocycles. The minimum absolute atomic E-state index is 0.0260. The van der Waals surface area contributed by atoms with Crippen molar-refractivity contribution >= 4 is 24.1 Å². The molecular formula is C21H24N4O2. The molecule has 1 fully saturated rings. The molecule has 0 unspecified atom stereocenters. The summed E-state index contributed by atoms with van der Waals surface area (Å²) >= 11 is 0. The predicted octanol–water partition coefficient (Wildman–Crippen LogP) is 3.83. The molecule has 0 saturated carbocycles. The van der Waals surface area contributed by atoms with Gasteiger partial charge in [-0.1, -0.05) is 35.9 Å². The van der Waals surface area contributed by atoms with Crippen molar-refractivity contribution in [2.45, 2.75) is 19.4 Å². The van der Waals surface area contributed by atoms with Gasteiger partial charge in [-0.3, -0.25) is 4.90 Å². The summed E-state index contributed by atoms with van der Waals surface area (Å²) in [5.74, 6) is 0.149. The molecule has 6 heteroatoms. The maximum Gasteiger partial charge on any atom is 0.324 e. The second-order valence-electron chi connectivity index (χ2n) is 6.63. The van der Waals surface area contributed by atoms with E-state index in [9.17, 15) is 4.79 Å². The monoisotopic (exact) mass is 364 g/mol. The maximum absolute atomic E-state index is 12.9. The van der Waals surface area contributed by atoms with E-state index in [2.05, 4.69) is 6.07 Å². The molecule has 27 heavy (non-hydrogen) atoms. The van der Waals surface area contributed by atoms with Crippen LogP contribution in [-0.4, -0.2) is 43.6 Å². The molecular weight excluding hydrogens is 340 g/mol. The summed E-state index contributed by atoms with van der Waals surface area (Å²) in [5, 5.41) is 14.9. The largest absolute Gasteiger partial charge is 0.496 e. The SMILES string of the molecule is COc1cc(N2CCN(Cc3cccc(C)c3)C2=O)ccc1C(C=N)C=N. The number of carbonyl (C=O) groups is 1. The van der Waals surface area contributed by atoms with Crippen LogP contribution in [0.2, 0.25) is 0 Å². The lowest BCUT2D eigenvalue weighted by atomic mass is 10.00.